The van der Waals surface area contributed by atoms with Gasteiger partial charge in [-0.25, -0.2) is 9.67 Å². The number of benzene rings is 1. The molecule has 0 spiro atoms. The molecule has 6 heteroatoms. The van der Waals surface area contributed by atoms with Crippen LogP contribution in [-0.4, -0.2) is 26.8 Å². The van der Waals surface area contributed by atoms with Crippen molar-refractivity contribution in [1.29, 1.82) is 0 Å². The quantitative estimate of drug-likeness (QED) is 0.824. The van der Waals surface area contributed by atoms with Gasteiger partial charge in [0.25, 0.3) is 0 Å². The fourth-order valence-electron chi connectivity index (χ4n) is 2.12. The molecule has 0 amide bonds. The number of para-hydroxylation sites is 1. The number of hydrogen-bond acceptors (Lipinski definition) is 4. The number of aryl methyl sites for hydroxylation is 1. The van der Waals surface area contributed by atoms with Gasteiger partial charge in [-0.3, -0.25) is 0 Å². The molecule has 1 aromatic heterocycles. The topological polar surface area (TPSA) is 60.0 Å². The Balaban J connectivity index is 2.22. The van der Waals surface area contributed by atoms with Crippen LogP contribution in [0.25, 0.3) is 0 Å². The molecule has 1 heterocycles. The number of nitrogens with two attached hydrogens (primary N) is 1. The molecule has 0 unspecified atom stereocenters. The molecule has 0 saturated carbocycles. The molecule has 0 atom stereocenters. The maximum Gasteiger partial charge on any atom is 0.146 e. The highest BCUT2D eigenvalue weighted by Gasteiger charge is 2.12. The average Bonchev–Trinajstić information content (AvgIpc) is 2.86. The van der Waals surface area contributed by atoms with Crippen molar-refractivity contribution < 1.29 is 0 Å². The summed E-state index contributed by atoms with van der Waals surface area (Å²) in [5, 5.41) is 4.24. The number of anilines is 1. The SMILES string of the molecule is CCCn1ncnc1CN(C)c1ccccc1C(N)=S. The number of nitrogens with zero attached hydrogens (tertiary/aromatic N) is 4. The van der Waals surface area contributed by atoms with Gasteiger partial charge in [0.15, 0.2) is 0 Å². The van der Waals surface area contributed by atoms with Crippen LogP contribution in [0.2, 0.25) is 0 Å². The van der Waals surface area contributed by atoms with E-state index in [-0.39, 0.29) is 0 Å². The van der Waals surface area contributed by atoms with Gasteiger partial charge in [0.1, 0.15) is 17.1 Å². The summed E-state index contributed by atoms with van der Waals surface area (Å²) in [5.41, 5.74) is 7.66. The van der Waals surface area contributed by atoms with Crippen molar-refractivity contribution >= 4 is 22.9 Å². The van der Waals surface area contributed by atoms with Crippen molar-refractivity contribution in [1.82, 2.24) is 14.8 Å². The van der Waals surface area contributed by atoms with Gasteiger partial charge in [-0.15, -0.1) is 0 Å². The highest BCUT2D eigenvalue weighted by atomic mass is 32.1. The van der Waals surface area contributed by atoms with Crippen molar-refractivity contribution in [3.05, 3.63) is 42.0 Å². The van der Waals surface area contributed by atoms with E-state index in [2.05, 4.69) is 21.9 Å². The van der Waals surface area contributed by atoms with Crippen LogP contribution in [0.3, 0.4) is 0 Å². The minimum absolute atomic E-state index is 0.405. The van der Waals surface area contributed by atoms with E-state index in [4.69, 9.17) is 18.0 Å². The number of aromatic nitrogens is 3. The fraction of sp³-hybridized carbons (Fsp3) is 0.357. The Bertz CT molecular complexity index is 593. The third kappa shape index (κ3) is 3.14. The van der Waals surface area contributed by atoms with Crippen molar-refractivity contribution in [3.8, 4) is 0 Å². The smallest absolute Gasteiger partial charge is 0.146 e. The predicted molar refractivity (Wildman–Crippen MR) is 84.7 cm³/mol. The molecule has 1 aromatic carbocycles. The zero-order chi connectivity index (χ0) is 14.5. The Morgan fingerprint density at radius 1 is 1.40 bits per heavy atom. The summed E-state index contributed by atoms with van der Waals surface area (Å²) in [5.74, 6) is 0.937. The van der Waals surface area contributed by atoms with Gasteiger partial charge in [-0.1, -0.05) is 31.3 Å². The molecular weight excluding hydrogens is 270 g/mol. The van der Waals surface area contributed by atoms with E-state index in [1.807, 2.05) is 36.0 Å². The zero-order valence-electron chi connectivity index (χ0n) is 11.8. The van der Waals surface area contributed by atoms with Crippen LogP contribution in [0.1, 0.15) is 24.7 Å². The maximum atomic E-state index is 5.77. The summed E-state index contributed by atoms with van der Waals surface area (Å²) in [7, 11) is 2.00. The van der Waals surface area contributed by atoms with Gasteiger partial charge in [-0.05, 0) is 18.6 Å². The molecule has 0 aliphatic rings. The van der Waals surface area contributed by atoms with Gasteiger partial charge in [0, 0.05) is 24.8 Å². The van der Waals surface area contributed by atoms with Crippen molar-refractivity contribution in [2.24, 2.45) is 5.73 Å². The summed E-state index contributed by atoms with van der Waals surface area (Å²) < 4.78 is 1.93. The van der Waals surface area contributed by atoms with Crippen molar-refractivity contribution in [2.45, 2.75) is 26.4 Å². The first-order valence-electron chi connectivity index (χ1n) is 6.60. The number of hydrogen-bond donors (Lipinski definition) is 1. The Morgan fingerprint density at radius 3 is 2.85 bits per heavy atom. The summed E-state index contributed by atoms with van der Waals surface area (Å²) in [6.45, 7) is 3.66. The van der Waals surface area contributed by atoms with Crippen LogP contribution in [0.15, 0.2) is 30.6 Å². The second-order valence-corrected chi connectivity index (χ2v) is 5.08. The lowest BCUT2D eigenvalue weighted by atomic mass is 10.1. The standard InChI is InChI=1S/C14H19N5S/c1-3-8-19-13(16-10-17-19)9-18(2)12-7-5-4-6-11(12)14(15)20/h4-7,10H,3,8-9H2,1-2H3,(H2,15,20). The minimum Gasteiger partial charge on any atom is -0.389 e. The van der Waals surface area contributed by atoms with E-state index in [9.17, 15) is 0 Å². The highest BCUT2D eigenvalue weighted by molar-refractivity contribution is 7.80. The van der Waals surface area contributed by atoms with E-state index >= 15 is 0 Å². The van der Waals surface area contributed by atoms with Crippen LogP contribution in [0.5, 0.6) is 0 Å². The van der Waals surface area contributed by atoms with Crippen LogP contribution in [0, 0.1) is 0 Å². The van der Waals surface area contributed by atoms with Crippen LogP contribution in [-0.2, 0) is 13.1 Å². The average molecular weight is 289 g/mol. The molecule has 0 aliphatic carbocycles. The van der Waals surface area contributed by atoms with Gasteiger partial charge in [-0.2, -0.15) is 5.10 Å². The summed E-state index contributed by atoms with van der Waals surface area (Å²) >= 11 is 5.10. The maximum absolute atomic E-state index is 5.77. The molecule has 0 radical (unpaired) electrons. The van der Waals surface area contributed by atoms with Crippen molar-refractivity contribution in [2.75, 3.05) is 11.9 Å². The van der Waals surface area contributed by atoms with E-state index in [0.29, 0.717) is 11.5 Å². The Morgan fingerprint density at radius 2 is 2.15 bits per heavy atom. The summed E-state index contributed by atoms with van der Waals surface area (Å²) in [4.78, 5) is 6.81. The third-order valence-electron chi connectivity index (χ3n) is 3.09. The first-order valence-corrected chi connectivity index (χ1v) is 7.01. The fourth-order valence-corrected chi connectivity index (χ4v) is 2.29. The zero-order valence-corrected chi connectivity index (χ0v) is 12.6. The molecule has 0 saturated heterocycles. The lowest BCUT2D eigenvalue weighted by Gasteiger charge is -2.21. The molecule has 0 bridgehead atoms. The minimum atomic E-state index is 0.405. The molecule has 106 valence electrons. The predicted octanol–water partition coefficient (Wildman–Crippen LogP) is 1.96. The lowest BCUT2D eigenvalue weighted by molar-refractivity contribution is 0.566. The highest BCUT2D eigenvalue weighted by Crippen LogP contribution is 2.20. The first-order chi connectivity index (χ1) is 9.63. The Hall–Kier alpha value is -1.95. The molecule has 5 nitrogen and oxygen atoms in total. The Kier molecular flexibility index (Phi) is 4.68. The Labute approximate surface area is 124 Å². The van der Waals surface area contributed by atoms with Crippen molar-refractivity contribution in [3.63, 3.8) is 0 Å². The van der Waals surface area contributed by atoms with E-state index in [1.165, 1.54) is 0 Å². The lowest BCUT2D eigenvalue weighted by Crippen LogP contribution is -2.23. The molecule has 2 N–H and O–H groups in total. The second-order valence-electron chi connectivity index (χ2n) is 4.64. The summed E-state index contributed by atoms with van der Waals surface area (Å²) in [6.07, 6.45) is 2.63. The van der Waals surface area contributed by atoms with Gasteiger partial charge < -0.3 is 10.6 Å². The summed E-state index contributed by atoms with van der Waals surface area (Å²) in [6, 6.07) is 7.86. The molecule has 2 rings (SSSR count). The van der Waals surface area contributed by atoms with Gasteiger partial charge >= 0.3 is 0 Å². The molecular formula is C14H19N5S. The second kappa shape index (κ2) is 6.47. The van der Waals surface area contributed by atoms with Gasteiger partial charge in [0.2, 0.25) is 0 Å². The number of rotatable bonds is 6. The van der Waals surface area contributed by atoms with Crippen LogP contribution < -0.4 is 10.6 Å². The van der Waals surface area contributed by atoms with Crippen LogP contribution >= 0.6 is 12.2 Å². The molecule has 20 heavy (non-hydrogen) atoms. The molecule has 2 aromatic rings. The third-order valence-corrected chi connectivity index (χ3v) is 3.31. The monoisotopic (exact) mass is 289 g/mol. The molecule has 0 fully saturated rings. The number of thiocarbonyl (C=S) groups is 1. The van der Waals surface area contributed by atoms with E-state index < -0.39 is 0 Å². The van der Waals surface area contributed by atoms with Gasteiger partial charge in [0.05, 0.1) is 6.54 Å². The first kappa shape index (κ1) is 14.5. The van der Waals surface area contributed by atoms with Crippen LogP contribution in [0.4, 0.5) is 5.69 Å². The van der Waals surface area contributed by atoms with E-state index in [1.54, 1.807) is 6.33 Å². The van der Waals surface area contributed by atoms with E-state index in [0.717, 1.165) is 30.0 Å². The largest absolute Gasteiger partial charge is 0.389 e. The normalized spacial score (nSPS) is 10.5. The molecule has 0 aliphatic heterocycles.